The molecule has 190 valence electrons. The first-order valence-electron chi connectivity index (χ1n) is 11.9. The van der Waals surface area contributed by atoms with Crippen LogP contribution in [0.5, 0.6) is 5.75 Å². The number of rotatable bonds is 8. The molecule has 3 aromatic rings. The van der Waals surface area contributed by atoms with Gasteiger partial charge in [0.1, 0.15) is 5.75 Å². The van der Waals surface area contributed by atoms with Gasteiger partial charge in [0, 0.05) is 6.54 Å². The Balaban J connectivity index is 1.50. The number of benzene rings is 3. The van der Waals surface area contributed by atoms with Crippen LogP contribution in [0.4, 0.5) is 5.69 Å². The highest BCUT2D eigenvalue weighted by Crippen LogP contribution is 2.40. The van der Waals surface area contributed by atoms with E-state index in [1.54, 1.807) is 36.4 Å². The molecule has 1 N–H and O–H groups in total. The van der Waals surface area contributed by atoms with Crippen LogP contribution in [0.15, 0.2) is 83.8 Å². The van der Waals surface area contributed by atoms with Crippen molar-refractivity contribution in [2.24, 2.45) is 0 Å². The molecule has 1 aliphatic heterocycles. The molecule has 0 saturated heterocycles. The summed E-state index contributed by atoms with van der Waals surface area (Å²) < 4.78 is 40.2. The van der Waals surface area contributed by atoms with Crippen molar-refractivity contribution in [1.29, 1.82) is 0 Å². The molecule has 1 aliphatic rings. The lowest BCUT2D eigenvalue weighted by atomic mass is 9.86. The fraction of sp³-hybridized carbons (Fsp3) is 0.321. The summed E-state index contributed by atoms with van der Waals surface area (Å²) in [5.74, 6) is -0.0358. The number of carbonyl (C=O) groups is 1. The summed E-state index contributed by atoms with van der Waals surface area (Å²) in [5.41, 5.74) is 2.26. The quantitative estimate of drug-likeness (QED) is 0.460. The topological polar surface area (TPSA) is 84.9 Å². The van der Waals surface area contributed by atoms with Crippen LogP contribution >= 0.6 is 0 Å². The van der Waals surface area contributed by atoms with E-state index in [0.29, 0.717) is 24.7 Å². The van der Waals surface area contributed by atoms with E-state index in [-0.39, 0.29) is 23.4 Å². The second-order valence-corrected chi connectivity index (χ2v) is 11.6. The molecule has 0 unspecified atom stereocenters. The number of fused-ring (bicyclic) bond motifs is 1. The summed E-state index contributed by atoms with van der Waals surface area (Å²) in [6.45, 7) is 7.11. The average Bonchev–Trinajstić information content (AvgIpc) is 2.88. The number of amides is 1. The Morgan fingerprint density at radius 1 is 1.03 bits per heavy atom. The first kappa shape index (κ1) is 25.7. The molecule has 7 nitrogen and oxygen atoms in total. The Morgan fingerprint density at radius 3 is 2.36 bits per heavy atom. The summed E-state index contributed by atoms with van der Waals surface area (Å²) in [4.78, 5) is 13.1. The van der Waals surface area contributed by atoms with Crippen molar-refractivity contribution in [2.45, 2.75) is 43.8 Å². The molecule has 4 rings (SSSR count). The number of nitrogens with zero attached hydrogens (tertiary/aromatic N) is 1. The van der Waals surface area contributed by atoms with Gasteiger partial charge in [-0.3, -0.25) is 9.10 Å². The predicted octanol–water partition coefficient (Wildman–Crippen LogP) is 4.27. The molecule has 8 heteroatoms. The number of anilines is 1. The smallest absolute Gasteiger partial charge is 0.264 e. The zero-order valence-corrected chi connectivity index (χ0v) is 21.6. The van der Waals surface area contributed by atoms with E-state index >= 15 is 0 Å². The van der Waals surface area contributed by atoms with Gasteiger partial charge in [0.05, 0.1) is 30.3 Å². The maximum absolute atomic E-state index is 13.6. The molecule has 0 bridgehead atoms. The molecule has 0 spiro atoms. The average molecular weight is 509 g/mol. The van der Waals surface area contributed by atoms with Crippen LogP contribution in [0.1, 0.15) is 31.9 Å². The van der Waals surface area contributed by atoms with Crippen molar-refractivity contribution in [3.05, 3.63) is 90.0 Å². The van der Waals surface area contributed by atoms with Crippen molar-refractivity contribution < 1.29 is 22.7 Å². The van der Waals surface area contributed by atoms with E-state index in [4.69, 9.17) is 9.47 Å². The third-order valence-corrected chi connectivity index (χ3v) is 7.77. The van der Waals surface area contributed by atoms with Crippen molar-refractivity contribution in [2.75, 3.05) is 24.0 Å². The summed E-state index contributed by atoms with van der Waals surface area (Å²) in [5, 5.41) is 2.81. The second kappa shape index (κ2) is 10.7. The zero-order chi connectivity index (χ0) is 25.8. The van der Waals surface area contributed by atoms with Crippen molar-refractivity contribution in [1.82, 2.24) is 5.32 Å². The molecule has 1 atom stereocenters. The highest BCUT2D eigenvalue weighted by molar-refractivity contribution is 7.92. The number of hydrogen-bond acceptors (Lipinski definition) is 5. The van der Waals surface area contributed by atoms with E-state index in [2.05, 4.69) is 26.1 Å². The molecular weight excluding hydrogens is 476 g/mol. The van der Waals surface area contributed by atoms with Crippen LogP contribution in [0.25, 0.3) is 0 Å². The van der Waals surface area contributed by atoms with Crippen LogP contribution in [-0.4, -0.2) is 40.1 Å². The Kier molecular flexibility index (Phi) is 7.66. The van der Waals surface area contributed by atoms with Gasteiger partial charge in [-0.2, -0.15) is 0 Å². The van der Waals surface area contributed by atoms with Crippen molar-refractivity contribution in [3.8, 4) is 5.75 Å². The van der Waals surface area contributed by atoms with Gasteiger partial charge in [-0.1, -0.05) is 75.4 Å². The minimum absolute atomic E-state index is 0.130. The van der Waals surface area contributed by atoms with Crippen molar-refractivity contribution >= 4 is 21.6 Å². The summed E-state index contributed by atoms with van der Waals surface area (Å²) in [6, 6.07) is 23.5. The van der Waals surface area contributed by atoms with Gasteiger partial charge in [-0.15, -0.1) is 0 Å². The number of carbonyl (C=O) groups excluding carboxylic acids is 1. The molecule has 36 heavy (non-hydrogen) atoms. The lowest BCUT2D eigenvalue weighted by molar-refractivity contribution is -0.128. The van der Waals surface area contributed by atoms with Gasteiger partial charge in [-0.25, -0.2) is 8.42 Å². The molecule has 0 aromatic heterocycles. The van der Waals surface area contributed by atoms with Crippen molar-refractivity contribution in [3.63, 3.8) is 0 Å². The summed E-state index contributed by atoms with van der Waals surface area (Å²) in [6.07, 6.45) is -0.995. The first-order valence-corrected chi connectivity index (χ1v) is 13.4. The lowest BCUT2D eigenvalue weighted by Crippen LogP contribution is -2.51. The molecular formula is C28H32N2O5S. The van der Waals surface area contributed by atoms with Crippen LogP contribution in [0.2, 0.25) is 0 Å². The molecule has 0 radical (unpaired) electrons. The van der Waals surface area contributed by atoms with Crippen LogP contribution in [-0.2, 0) is 31.6 Å². The van der Waals surface area contributed by atoms with Crippen LogP contribution in [0.3, 0.4) is 0 Å². The van der Waals surface area contributed by atoms with Gasteiger partial charge >= 0.3 is 0 Å². The number of hydrogen-bond donors (Lipinski definition) is 1. The van der Waals surface area contributed by atoms with Crippen LogP contribution in [0, 0.1) is 0 Å². The number of nitrogens with one attached hydrogen (secondary N) is 1. The monoisotopic (exact) mass is 508 g/mol. The number of sulfonamides is 1. The Morgan fingerprint density at radius 2 is 1.69 bits per heavy atom. The maximum atomic E-state index is 13.6. The maximum Gasteiger partial charge on any atom is 0.264 e. The van der Waals surface area contributed by atoms with E-state index in [9.17, 15) is 13.2 Å². The van der Waals surface area contributed by atoms with E-state index in [1.807, 2.05) is 42.5 Å². The third-order valence-electron chi connectivity index (χ3n) is 5.98. The fourth-order valence-corrected chi connectivity index (χ4v) is 5.41. The highest BCUT2D eigenvalue weighted by Gasteiger charge is 2.38. The normalized spacial score (nSPS) is 15.6. The zero-order valence-electron chi connectivity index (χ0n) is 20.8. The minimum atomic E-state index is -3.92. The SMILES string of the molecule is CC(C)(C)c1ccc2c(c1)N(S(=O)(=O)c1ccccc1)C[C@H](C(=O)NCCOCc1ccccc1)O2. The second-order valence-electron chi connectivity index (χ2n) is 9.72. The fourth-order valence-electron chi connectivity index (χ4n) is 3.93. The first-order chi connectivity index (χ1) is 17.2. The van der Waals surface area contributed by atoms with Crippen LogP contribution < -0.4 is 14.4 Å². The van der Waals surface area contributed by atoms with E-state index in [0.717, 1.165) is 11.1 Å². The van der Waals surface area contributed by atoms with Gasteiger partial charge in [0.2, 0.25) is 0 Å². The summed E-state index contributed by atoms with van der Waals surface area (Å²) >= 11 is 0. The Labute approximate surface area is 213 Å². The summed E-state index contributed by atoms with van der Waals surface area (Å²) in [7, 11) is -3.92. The molecule has 0 saturated carbocycles. The highest BCUT2D eigenvalue weighted by atomic mass is 32.2. The largest absolute Gasteiger partial charge is 0.476 e. The van der Waals surface area contributed by atoms with Gasteiger partial charge in [-0.05, 0) is 40.8 Å². The van der Waals surface area contributed by atoms with Gasteiger partial charge < -0.3 is 14.8 Å². The Hall–Kier alpha value is -3.36. The molecule has 0 aliphatic carbocycles. The third kappa shape index (κ3) is 5.88. The van der Waals surface area contributed by atoms with E-state index in [1.165, 1.54) is 4.31 Å². The number of ether oxygens (including phenoxy) is 2. The molecule has 0 fully saturated rings. The van der Waals surface area contributed by atoms with Gasteiger partial charge in [0.25, 0.3) is 15.9 Å². The molecule has 3 aromatic carbocycles. The standard InChI is InChI=1S/C28H32N2O5S/c1-28(2,3)22-14-15-25-24(18-22)30(36(32,33)23-12-8-5-9-13-23)19-26(35-25)27(31)29-16-17-34-20-21-10-6-4-7-11-21/h4-15,18,26H,16-17,19-20H2,1-3H3,(H,29,31)/t26-/m1/s1. The Bertz CT molecular complexity index is 1290. The molecule has 1 heterocycles. The van der Waals surface area contributed by atoms with E-state index < -0.39 is 22.0 Å². The lowest BCUT2D eigenvalue weighted by Gasteiger charge is -2.36. The molecule has 1 amide bonds. The minimum Gasteiger partial charge on any atom is -0.476 e. The predicted molar refractivity (Wildman–Crippen MR) is 140 cm³/mol. The van der Waals surface area contributed by atoms with Gasteiger partial charge in [0.15, 0.2) is 6.10 Å².